The lowest BCUT2D eigenvalue weighted by molar-refractivity contribution is -0.0892. The molecule has 0 bridgehead atoms. The maximum absolute atomic E-state index is 4.94. The van der Waals surface area contributed by atoms with E-state index in [9.17, 15) is 0 Å². The van der Waals surface area contributed by atoms with Gasteiger partial charge in [0.05, 0.1) is 38.1 Å². The normalized spacial score (nSPS) is 28.1. The summed E-state index contributed by atoms with van der Waals surface area (Å²) in [6, 6.07) is 0. The predicted molar refractivity (Wildman–Crippen MR) is 96.4 cm³/mol. The molecule has 3 aliphatic heterocycles. The molecule has 22 heavy (non-hydrogen) atoms. The van der Waals surface area contributed by atoms with Crippen LogP contribution in [0.3, 0.4) is 0 Å². The number of epoxide rings is 2. The molecule has 3 atom stereocenters. The highest BCUT2D eigenvalue weighted by Crippen LogP contribution is 2.24. The lowest BCUT2D eigenvalue weighted by Crippen LogP contribution is -2.36. The third-order valence-corrected chi connectivity index (χ3v) is 2.50. The van der Waals surface area contributed by atoms with Gasteiger partial charge in [-0.3, -0.25) is 0 Å². The molecule has 3 heterocycles. The summed E-state index contributed by atoms with van der Waals surface area (Å²) in [6.45, 7) is 26.3. The fourth-order valence-corrected chi connectivity index (χ4v) is 0.900. The topological polar surface area (TPSA) is 34.3 Å². The van der Waals surface area contributed by atoms with E-state index in [-0.39, 0.29) is 0 Å². The van der Waals surface area contributed by atoms with Gasteiger partial charge < -0.3 is 14.2 Å². The van der Waals surface area contributed by atoms with Gasteiger partial charge in [-0.2, -0.15) is 0 Å². The molecule has 0 radical (unpaired) electrons. The van der Waals surface area contributed by atoms with Gasteiger partial charge in [-0.05, 0) is 41.5 Å². The minimum atomic E-state index is 0.500. The summed E-state index contributed by atoms with van der Waals surface area (Å²) in [5.74, 6) is 0. The second kappa shape index (κ2) is 12.9. The molecule has 0 N–H and O–H groups in total. The Morgan fingerprint density at radius 2 is 1.27 bits per heavy atom. The quantitative estimate of drug-likeness (QED) is 0.465. The number of ether oxygens (including phenoxy) is 3. The Labute approximate surface area is 138 Å². The molecule has 3 unspecified atom stereocenters. The van der Waals surface area contributed by atoms with E-state index in [1.807, 2.05) is 20.8 Å². The number of rotatable bonds is 0. The van der Waals surface area contributed by atoms with Crippen molar-refractivity contribution in [1.29, 1.82) is 0 Å². The third-order valence-electron chi connectivity index (χ3n) is 2.50. The molecule has 0 aromatic rings. The van der Waals surface area contributed by atoms with Gasteiger partial charge >= 0.3 is 0 Å². The van der Waals surface area contributed by atoms with Crippen LogP contribution in [0.1, 0.15) is 55.4 Å². The van der Waals surface area contributed by atoms with Crippen LogP contribution in [0, 0.1) is 5.41 Å². The van der Waals surface area contributed by atoms with E-state index in [4.69, 9.17) is 14.2 Å². The van der Waals surface area contributed by atoms with Gasteiger partial charge in [0.1, 0.15) is 0 Å². The van der Waals surface area contributed by atoms with E-state index < -0.39 is 0 Å². The van der Waals surface area contributed by atoms with Crippen molar-refractivity contribution in [2.24, 2.45) is 5.41 Å². The zero-order valence-electron chi connectivity index (χ0n) is 16.1. The van der Waals surface area contributed by atoms with Crippen LogP contribution in [0.5, 0.6) is 0 Å². The van der Waals surface area contributed by atoms with Crippen molar-refractivity contribution in [3.8, 4) is 0 Å². The van der Waals surface area contributed by atoms with Gasteiger partial charge in [0.15, 0.2) is 0 Å². The van der Waals surface area contributed by atoms with E-state index in [1.54, 1.807) is 6.08 Å². The van der Waals surface area contributed by atoms with Crippen LogP contribution < -0.4 is 0 Å². The van der Waals surface area contributed by atoms with Crippen LogP contribution in [0.15, 0.2) is 24.8 Å². The number of allylic oxidation sites excluding steroid dienone is 2. The van der Waals surface area contributed by atoms with Gasteiger partial charge in [0, 0.05) is 5.41 Å². The second-order valence-electron chi connectivity index (χ2n) is 6.96. The van der Waals surface area contributed by atoms with Crippen molar-refractivity contribution in [2.45, 2.75) is 73.7 Å². The summed E-state index contributed by atoms with van der Waals surface area (Å²) in [6.07, 6.45) is 3.44. The van der Waals surface area contributed by atoms with Gasteiger partial charge in [0.2, 0.25) is 0 Å². The number of hydrogen-bond donors (Lipinski definition) is 0. The molecule has 3 fully saturated rings. The monoisotopic (exact) mass is 314 g/mol. The standard InChI is InChI=1S/C5H10O.C4H8O.C4H8.C3H6O.C3H6/c1-5(2)3-6-4-5;1-3-4(2)5-3;1-4(2)3;1-3-2-4-3;1-3-2/h3-4H2,1-2H3;3-4H,1-2H3;1H2,2-3H3;3H,2H2,1H3;3H,1H2,2H3. The molecule has 132 valence electrons. The molecule has 3 heteroatoms. The van der Waals surface area contributed by atoms with Crippen molar-refractivity contribution >= 4 is 0 Å². The minimum Gasteiger partial charge on any atom is -0.380 e. The minimum absolute atomic E-state index is 0.500. The Hall–Kier alpha value is -0.640. The first-order valence-electron chi connectivity index (χ1n) is 8.09. The zero-order chi connectivity index (χ0) is 17.8. The molecule has 3 rings (SSSR count). The molecule has 0 aromatic heterocycles. The molecule has 0 aromatic carbocycles. The van der Waals surface area contributed by atoms with Crippen molar-refractivity contribution in [1.82, 2.24) is 0 Å². The summed E-state index contributed by atoms with van der Waals surface area (Å²) in [5, 5.41) is 0. The Morgan fingerprint density at radius 3 is 1.27 bits per heavy atom. The van der Waals surface area contributed by atoms with E-state index in [1.165, 1.54) is 5.57 Å². The summed E-state index contributed by atoms with van der Waals surface area (Å²) < 4.78 is 14.6. The van der Waals surface area contributed by atoms with Crippen molar-refractivity contribution < 1.29 is 14.2 Å². The third kappa shape index (κ3) is 24.4. The molecular weight excluding hydrogens is 276 g/mol. The summed E-state index contributed by atoms with van der Waals surface area (Å²) in [7, 11) is 0. The molecule has 3 saturated heterocycles. The molecule has 3 nitrogen and oxygen atoms in total. The van der Waals surface area contributed by atoms with E-state index in [0.717, 1.165) is 19.8 Å². The van der Waals surface area contributed by atoms with E-state index in [2.05, 4.69) is 47.8 Å². The van der Waals surface area contributed by atoms with Gasteiger partial charge in [0.25, 0.3) is 0 Å². The maximum Gasteiger partial charge on any atom is 0.0811 e. The lowest BCUT2D eigenvalue weighted by atomic mass is 9.92. The average Bonchev–Trinajstić information content (AvgIpc) is 3.23. The Kier molecular flexibility index (Phi) is 13.8. The molecule has 0 aliphatic carbocycles. The molecule has 0 spiro atoms. The second-order valence-corrected chi connectivity index (χ2v) is 6.96. The zero-order valence-corrected chi connectivity index (χ0v) is 16.1. The highest BCUT2D eigenvalue weighted by atomic mass is 16.6. The van der Waals surface area contributed by atoms with Crippen LogP contribution in [-0.4, -0.2) is 38.1 Å². The molecular formula is C19H38O3. The average molecular weight is 315 g/mol. The first-order valence-corrected chi connectivity index (χ1v) is 8.09. The van der Waals surface area contributed by atoms with E-state index >= 15 is 0 Å². The summed E-state index contributed by atoms with van der Waals surface area (Å²) in [5.41, 5.74) is 1.67. The number of hydrogen-bond acceptors (Lipinski definition) is 3. The fourth-order valence-electron chi connectivity index (χ4n) is 0.900. The van der Waals surface area contributed by atoms with Crippen LogP contribution in [0.4, 0.5) is 0 Å². The van der Waals surface area contributed by atoms with Gasteiger partial charge in [-0.15, -0.1) is 13.2 Å². The SMILES string of the molecule is C=C(C)C.C=CC.CC1(C)COC1.CC1CO1.CC1OC1C. The summed E-state index contributed by atoms with van der Waals surface area (Å²) >= 11 is 0. The Bertz CT molecular complexity index is 277. The van der Waals surface area contributed by atoms with Crippen molar-refractivity contribution in [2.75, 3.05) is 19.8 Å². The smallest absolute Gasteiger partial charge is 0.0811 e. The summed E-state index contributed by atoms with van der Waals surface area (Å²) in [4.78, 5) is 0. The highest BCUT2D eigenvalue weighted by molar-refractivity contribution is 4.79. The van der Waals surface area contributed by atoms with Gasteiger partial charge in [-0.25, -0.2) is 0 Å². The van der Waals surface area contributed by atoms with Crippen molar-refractivity contribution in [3.63, 3.8) is 0 Å². The van der Waals surface area contributed by atoms with Crippen LogP contribution in [0.2, 0.25) is 0 Å². The Balaban J connectivity index is 0. The fraction of sp³-hybridized carbons (Fsp3) is 0.789. The lowest BCUT2D eigenvalue weighted by Gasteiger charge is -2.33. The van der Waals surface area contributed by atoms with Gasteiger partial charge in [-0.1, -0.05) is 25.5 Å². The Morgan fingerprint density at radius 1 is 1.09 bits per heavy atom. The predicted octanol–water partition coefficient (Wildman–Crippen LogP) is 5.02. The maximum atomic E-state index is 4.94. The first kappa shape index (κ1) is 23.6. The molecule has 0 saturated carbocycles. The van der Waals surface area contributed by atoms with Crippen LogP contribution in [-0.2, 0) is 14.2 Å². The van der Waals surface area contributed by atoms with Crippen LogP contribution in [0.25, 0.3) is 0 Å². The first-order chi connectivity index (χ1) is 10.1. The highest BCUT2D eigenvalue weighted by Gasteiger charge is 2.27. The molecule has 3 aliphatic rings. The van der Waals surface area contributed by atoms with Crippen molar-refractivity contribution in [3.05, 3.63) is 24.8 Å². The molecule has 0 amide bonds. The van der Waals surface area contributed by atoms with Crippen LogP contribution >= 0.6 is 0 Å². The largest absolute Gasteiger partial charge is 0.380 e. The van der Waals surface area contributed by atoms with E-state index in [0.29, 0.717) is 23.7 Å².